The van der Waals surface area contributed by atoms with Gasteiger partial charge in [0.1, 0.15) is 11.6 Å². The second-order valence-electron chi connectivity index (χ2n) is 7.22. The fraction of sp³-hybridized carbons (Fsp3) is 0.556. The summed E-state index contributed by atoms with van der Waals surface area (Å²) in [7, 11) is 1.57. The van der Waals surface area contributed by atoms with Gasteiger partial charge in [-0.05, 0) is 32.4 Å². The standard InChI is InChI=1S/C18H24N2O6/c1-18(2,3)26-17(22)19-12-7-11-8-14-15(25-10-24-14)9-13(11)20(16(12)21)5-6-23-4/h8-9,12H,5-7,10H2,1-4H3,(H,19,22)/t12-/m0/s1. The minimum atomic E-state index is -0.713. The number of alkyl carbamates (subject to hydrolysis) is 1. The Morgan fingerprint density at radius 2 is 2.00 bits per heavy atom. The van der Waals surface area contributed by atoms with E-state index < -0.39 is 17.7 Å². The van der Waals surface area contributed by atoms with Crippen LogP contribution in [0.1, 0.15) is 26.3 Å². The van der Waals surface area contributed by atoms with Gasteiger partial charge >= 0.3 is 6.09 Å². The SMILES string of the molecule is COCCN1C(=O)[C@@H](NC(=O)OC(C)(C)C)Cc2cc3c(cc21)OCO3. The molecule has 0 unspecified atom stereocenters. The van der Waals surface area contributed by atoms with Crippen molar-refractivity contribution >= 4 is 17.7 Å². The molecule has 0 radical (unpaired) electrons. The smallest absolute Gasteiger partial charge is 0.408 e. The Bertz CT molecular complexity index is 712. The highest BCUT2D eigenvalue weighted by atomic mass is 16.7. The van der Waals surface area contributed by atoms with Gasteiger partial charge in [-0.25, -0.2) is 4.79 Å². The number of methoxy groups -OCH3 is 1. The van der Waals surface area contributed by atoms with Crippen LogP contribution in [0.2, 0.25) is 0 Å². The number of fused-ring (bicyclic) bond motifs is 2. The van der Waals surface area contributed by atoms with E-state index in [0.29, 0.717) is 31.1 Å². The van der Waals surface area contributed by atoms with E-state index in [1.807, 2.05) is 6.07 Å². The Hall–Kier alpha value is -2.48. The molecular formula is C18H24N2O6. The normalized spacial score (nSPS) is 18.5. The molecule has 3 rings (SSSR count). The van der Waals surface area contributed by atoms with Gasteiger partial charge in [-0.15, -0.1) is 0 Å². The molecule has 8 nitrogen and oxygen atoms in total. The molecule has 2 heterocycles. The van der Waals surface area contributed by atoms with Gasteiger partial charge in [-0.1, -0.05) is 0 Å². The topological polar surface area (TPSA) is 86.3 Å². The number of hydrogen-bond acceptors (Lipinski definition) is 6. The first-order valence-electron chi connectivity index (χ1n) is 8.51. The van der Waals surface area contributed by atoms with Crippen molar-refractivity contribution in [3.63, 3.8) is 0 Å². The fourth-order valence-corrected chi connectivity index (χ4v) is 2.98. The molecule has 2 amide bonds. The maximum atomic E-state index is 12.9. The van der Waals surface area contributed by atoms with Crippen LogP contribution in [-0.2, 0) is 20.7 Å². The molecule has 1 atom stereocenters. The summed E-state index contributed by atoms with van der Waals surface area (Å²) in [5, 5.41) is 2.67. The van der Waals surface area contributed by atoms with Crippen LogP contribution < -0.4 is 19.7 Å². The molecular weight excluding hydrogens is 340 g/mol. The Kier molecular flexibility index (Phi) is 4.95. The molecule has 0 fully saturated rings. The quantitative estimate of drug-likeness (QED) is 0.877. The lowest BCUT2D eigenvalue weighted by atomic mass is 9.96. The molecule has 0 saturated heterocycles. The molecule has 142 valence electrons. The van der Waals surface area contributed by atoms with Crippen molar-refractivity contribution < 1.29 is 28.5 Å². The number of carbonyl (C=O) groups is 2. The van der Waals surface area contributed by atoms with E-state index >= 15 is 0 Å². The lowest BCUT2D eigenvalue weighted by Crippen LogP contribution is -2.54. The van der Waals surface area contributed by atoms with Gasteiger partial charge < -0.3 is 29.2 Å². The predicted octanol–water partition coefficient (Wildman–Crippen LogP) is 1.84. The maximum Gasteiger partial charge on any atom is 0.408 e. The average molecular weight is 364 g/mol. The predicted molar refractivity (Wildman–Crippen MR) is 93.7 cm³/mol. The first-order valence-corrected chi connectivity index (χ1v) is 8.51. The molecule has 0 aliphatic carbocycles. The zero-order valence-electron chi connectivity index (χ0n) is 15.5. The Balaban J connectivity index is 1.85. The van der Waals surface area contributed by atoms with Crippen molar-refractivity contribution in [1.29, 1.82) is 0 Å². The number of carbonyl (C=O) groups excluding carboxylic acids is 2. The van der Waals surface area contributed by atoms with Crippen LogP contribution in [0, 0.1) is 0 Å². The van der Waals surface area contributed by atoms with Crippen LogP contribution in [0.25, 0.3) is 0 Å². The van der Waals surface area contributed by atoms with E-state index in [2.05, 4.69) is 5.32 Å². The summed E-state index contributed by atoms with van der Waals surface area (Å²) >= 11 is 0. The lowest BCUT2D eigenvalue weighted by molar-refractivity contribution is -0.121. The summed E-state index contributed by atoms with van der Waals surface area (Å²) in [6.07, 6.45) is -0.264. The van der Waals surface area contributed by atoms with Crippen molar-refractivity contribution in [1.82, 2.24) is 5.32 Å². The highest BCUT2D eigenvalue weighted by molar-refractivity contribution is 6.02. The molecule has 1 N–H and O–H groups in total. The van der Waals surface area contributed by atoms with E-state index in [1.54, 1.807) is 38.8 Å². The van der Waals surface area contributed by atoms with Crippen LogP contribution in [-0.4, -0.2) is 50.7 Å². The summed E-state index contributed by atoms with van der Waals surface area (Å²) in [5.41, 5.74) is 1.01. The number of nitrogens with zero attached hydrogens (tertiary/aromatic N) is 1. The van der Waals surface area contributed by atoms with Crippen LogP contribution in [0.3, 0.4) is 0 Å². The number of rotatable bonds is 4. The van der Waals surface area contributed by atoms with E-state index in [4.69, 9.17) is 18.9 Å². The lowest BCUT2D eigenvalue weighted by Gasteiger charge is -2.34. The van der Waals surface area contributed by atoms with Gasteiger partial charge in [0.15, 0.2) is 11.5 Å². The Morgan fingerprint density at radius 1 is 1.31 bits per heavy atom. The van der Waals surface area contributed by atoms with Crippen LogP contribution in [0.15, 0.2) is 12.1 Å². The minimum Gasteiger partial charge on any atom is -0.454 e. The largest absolute Gasteiger partial charge is 0.454 e. The van der Waals surface area contributed by atoms with Gasteiger partial charge in [0, 0.05) is 26.1 Å². The first-order chi connectivity index (χ1) is 12.3. The molecule has 8 heteroatoms. The van der Waals surface area contributed by atoms with Crippen LogP contribution in [0.5, 0.6) is 11.5 Å². The van der Waals surface area contributed by atoms with Crippen LogP contribution in [0.4, 0.5) is 10.5 Å². The van der Waals surface area contributed by atoms with Crippen molar-refractivity contribution in [2.45, 2.75) is 38.8 Å². The zero-order chi connectivity index (χ0) is 18.9. The summed E-state index contributed by atoms with van der Waals surface area (Å²) in [6.45, 7) is 6.22. The molecule has 2 aliphatic rings. The third kappa shape index (κ3) is 3.85. The summed E-state index contributed by atoms with van der Waals surface area (Å²) in [4.78, 5) is 26.6. The zero-order valence-corrected chi connectivity index (χ0v) is 15.5. The second-order valence-corrected chi connectivity index (χ2v) is 7.22. The highest BCUT2D eigenvalue weighted by Gasteiger charge is 2.36. The van der Waals surface area contributed by atoms with Gasteiger partial charge in [0.2, 0.25) is 12.7 Å². The van der Waals surface area contributed by atoms with Crippen molar-refractivity contribution in [2.24, 2.45) is 0 Å². The molecule has 0 aromatic heterocycles. The van der Waals surface area contributed by atoms with E-state index in [0.717, 1.165) is 11.3 Å². The average Bonchev–Trinajstić information content (AvgIpc) is 2.98. The Labute approximate surface area is 152 Å². The minimum absolute atomic E-state index is 0.157. The molecule has 1 aromatic rings. The third-order valence-electron chi connectivity index (χ3n) is 4.06. The van der Waals surface area contributed by atoms with Gasteiger partial charge in [0.25, 0.3) is 0 Å². The number of benzene rings is 1. The van der Waals surface area contributed by atoms with Gasteiger partial charge in [-0.3, -0.25) is 4.79 Å². The summed E-state index contributed by atoms with van der Waals surface area (Å²) < 4.78 is 21.2. The van der Waals surface area contributed by atoms with Crippen molar-refractivity contribution in [3.8, 4) is 11.5 Å². The first kappa shape index (κ1) is 18.3. The summed E-state index contributed by atoms with van der Waals surface area (Å²) in [6, 6.07) is 2.94. The molecule has 2 aliphatic heterocycles. The number of nitrogens with one attached hydrogen (secondary N) is 1. The van der Waals surface area contributed by atoms with Gasteiger partial charge in [-0.2, -0.15) is 0 Å². The third-order valence-corrected chi connectivity index (χ3v) is 4.06. The van der Waals surface area contributed by atoms with E-state index in [-0.39, 0.29) is 12.7 Å². The van der Waals surface area contributed by atoms with Crippen molar-refractivity contribution in [2.75, 3.05) is 32.0 Å². The monoisotopic (exact) mass is 364 g/mol. The number of hydrogen-bond donors (Lipinski definition) is 1. The molecule has 0 spiro atoms. The molecule has 26 heavy (non-hydrogen) atoms. The molecule has 0 bridgehead atoms. The second kappa shape index (κ2) is 7.03. The molecule has 0 saturated carbocycles. The Morgan fingerprint density at radius 3 is 2.65 bits per heavy atom. The van der Waals surface area contributed by atoms with Crippen LogP contribution >= 0.6 is 0 Å². The number of ether oxygens (including phenoxy) is 4. The van der Waals surface area contributed by atoms with Crippen molar-refractivity contribution in [3.05, 3.63) is 17.7 Å². The van der Waals surface area contributed by atoms with E-state index in [1.165, 1.54) is 0 Å². The molecule has 1 aromatic carbocycles. The number of amides is 2. The van der Waals surface area contributed by atoms with Gasteiger partial charge in [0.05, 0.1) is 12.3 Å². The fourth-order valence-electron chi connectivity index (χ4n) is 2.98. The highest BCUT2D eigenvalue weighted by Crippen LogP contribution is 2.40. The maximum absolute atomic E-state index is 12.9. The number of anilines is 1. The van der Waals surface area contributed by atoms with E-state index in [9.17, 15) is 9.59 Å². The summed E-state index contributed by atoms with van der Waals surface area (Å²) in [5.74, 6) is 1.04.